The third kappa shape index (κ3) is 2.77. The van der Waals surface area contributed by atoms with Gasteiger partial charge in [-0.15, -0.1) is 11.8 Å². The Labute approximate surface area is 81.5 Å². The summed E-state index contributed by atoms with van der Waals surface area (Å²) < 4.78 is 1.70. The molecule has 1 unspecified atom stereocenters. The zero-order valence-electron chi connectivity index (χ0n) is 7.73. The summed E-state index contributed by atoms with van der Waals surface area (Å²) in [6.45, 7) is 1.94. The second-order valence-corrected chi connectivity index (χ2v) is 4.04. The van der Waals surface area contributed by atoms with Crippen molar-refractivity contribution in [3.8, 4) is 0 Å². The highest BCUT2D eigenvalue weighted by Crippen LogP contribution is 2.24. The van der Waals surface area contributed by atoms with Crippen LogP contribution < -0.4 is 5.73 Å². The molecule has 0 aromatic carbocycles. The molecule has 1 aromatic rings. The Morgan fingerprint density at radius 2 is 2.54 bits per heavy atom. The van der Waals surface area contributed by atoms with E-state index in [4.69, 9.17) is 5.73 Å². The number of amides is 1. The van der Waals surface area contributed by atoms with E-state index in [-0.39, 0.29) is 11.2 Å². The van der Waals surface area contributed by atoms with Crippen LogP contribution in [0.15, 0.2) is 17.3 Å². The quantitative estimate of drug-likeness (QED) is 0.729. The Morgan fingerprint density at radius 1 is 1.85 bits per heavy atom. The molecule has 4 nitrogen and oxygen atoms in total. The van der Waals surface area contributed by atoms with Crippen molar-refractivity contribution in [2.45, 2.75) is 23.5 Å². The molecule has 0 aliphatic rings. The molecule has 0 aliphatic carbocycles. The zero-order chi connectivity index (χ0) is 9.84. The summed E-state index contributed by atoms with van der Waals surface area (Å²) in [6, 6.07) is 0. The van der Waals surface area contributed by atoms with E-state index in [2.05, 4.69) is 5.10 Å². The van der Waals surface area contributed by atoms with Gasteiger partial charge in [-0.3, -0.25) is 9.48 Å². The van der Waals surface area contributed by atoms with Crippen molar-refractivity contribution in [1.82, 2.24) is 9.78 Å². The Bertz CT molecular complexity index is 297. The van der Waals surface area contributed by atoms with Gasteiger partial charge >= 0.3 is 0 Å². The van der Waals surface area contributed by atoms with Crippen LogP contribution >= 0.6 is 11.8 Å². The first kappa shape index (κ1) is 10.1. The molecule has 0 bridgehead atoms. The number of carbonyl (C=O) groups excluding carboxylic acids is 1. The van der Waals surface area contributed by atoms with Crippen molar-refractivity contribution in [3.63, 3.8) is 0 Å². The van der Waals surface area contributed by atoms with Gasteiger partial charge in [0.1, 0.15) is 0 Å². The molecule has 72 valence electrons. The lowest BCUT2D eigenvalue weighted by molar-refractivity contribution is -0.117. The molecule has 0 saturated heterocycles. The number of primary amides is 1. The number of carbonyl (C=O) groups is 1. The number of aromatic nitrogens is 2. The molecular formula is C8H13N3OS. The van der Waals surface area contributed by atoms with E-state index >= 15 is 0 Å². The van der Waals surface area contributed by atoms with Gasteiger partial charge in [-0.05, 0) is 6.42 Å². The second kappa shape index (κ2) is 4.32. The van der Waals surface area contributed by atoms with E-state index in [1.54, 1.807) is 10.9 Å². The molecule has 5 heteroatoms. The molecule has 0 radical (unpaired) electrons. The van der Waals surface area contributed by atoms with Crippen LogP contribution in [-0.4, -0.2) is 20.9 Å². The minimum absolute atomic E-state index is 0.149. The average molecular weight is 199 g/mol. The van der Waals surface area contributed by atoms with E-state index in [1.807, 2.05) is 20.2 Å². The predicted molar refractivity (Wildman–Crippen MR) is 52.3 cm³/mol. The molecule has 1 amide bonds. The highest BCUT2D eigenvalue weighted by molar-refractivity contribution is 8.00. The Kier molecular flexibility index (Phi) is 3.36. The zero-order valence-corrected chi connectivity index (χ0v) is 8.54. The van der Waals surface area contributed by atoms with Crippen LogP contribution in [0, 0.1) is 0 Å². The maximum Gasteiger partial charge on any atom is 0.230 e. The van der Waals surface area contributed by atoms with E-state index in [0.717, 1.165) is 11.3 Å². The van der Waals surface area contributed by atoms with Crippen molar-refractivity contribution >= 4 is 17.7 Å². The largest absolute Gasteiger partial charge is 0.369 e. The molecule has 13 heavy (non-hydrogen) atoms. The van der Waals surface area contributed by atoms with Gasteiger partial charge in [0.05, 0.1) is 11.4 Å². The lowest BCUT2D eigenvalue weighted by Crippen LogP contribution is -2.24. The molecule has 1 atom stereocenters. The monoisotopic (exact) mass is 199 g/mol. The fourth-order valence-electron chi connectivity index (χ4n) is 0.967. The van der Waals surface area contributed by atoms with Crippen LogP contribution in [0.2, 0.25) is 0 Å². The molecule has 2 N–H and O–H groups in total. The summed E-state index contributed by atoms with van der Waals surface area (Å²) in [5, 5.41) is 3.86. The molecule has 1 aromatic heterocycles. The van der Waals surface area contributed by atoms with Gasteiger partial charge in [-0.25, -0.2) is 0 Å². The number of thioether (sulfide) groups is 1. The number of hydrogen-bond donors (Lipinski definition) is 1. The SMILES string of the molecule is CCC(Sc1cnn(C)c1)C(N)=O. The third-order valence-electron chi connectivity index (χ3n) is 1.65. The summed E-state index contributed by atoms with van der Waals surface area (Å²) in [5.74, 6) is -0.267. The van der Waals surface area contributed by atoms with Gasteiger partial charge in [0, 0.05) is 18.1 Å². The van der Waals surface area contributed by atoms with Gasteiger partial charge in [0.2, 0.25) is 5.91 Å². The van der Waals surface area contributed by atoms with Crippen LogP contribution in [0.4, 0.5) is 0 Å². The van der Waals surface area contributed by atoms with Gasteiger partial charge < -0.3 is 5.73 Å². The first-order valence-electron chi connectivity index (χ1n) is 4.08. The molecule has 1 rings (SSSR count). The van der Waals surface area contributed by atoms with Crippen molar-refractivity contribution in [2.24, 2.45) is 12.8 Å². The van der Waals surface area contributed by atoms with Crippen LogP contribution in [0.25, 0.3) is 0 Å². The maximum atomic E-state index is 10.9. The number of rotatable bonds is 4. The Morgan fingerprint density at radius 3 is 2.92 bits per heavy atom. The van der Waals surface area contributed by atoms with Crippen LogP contribution in [-0.2, 0) is 11.8 Å². The van der Waals surface area contributed by atoms with Gasteiger partial charge in [0.15, 0.2) is 0 Å². The lowest BCUT2D eigenvalue weighted by atomic mass is 10.3. The number of nitrogens with two attached hydrogens (primary N) is 1. The van der Waals surface area contributed by atoms with E-state index in [9.17, 15) is 4.79 Å². The third-order valence-corrected chi connectivity index (χ3v) is 2.98. The maximum absolute atomic E-state index is 10.9. The van der Waals surface area contributed by atoms with Crippen molar-refractivity contribution in [2.75, 3.05) is 0 Å². The van der Waals surface area contributed by atoms with Gasteiger partial charge in [0.25, 0.3) is 0 Å². The average Bonchev–Trinajstić information content (AvgIpc) is 2.46. The number of nitrogens with zero attached hydrogens (tertiary/aromatic N) is 2. The molecule has 0 aliphatic heterocycles. The number of aryl methyl sites for hydroxylation is 1. The van der Waals surface area contributed by atoms with Crippen molar-refractivity contribution in [3.05, 3.63) is 12.4 Å². The summed E-state index contributed by atoms with van der Waals surface area (Å²) in [4.78, 5) is 11.9. The van der Waals surface area contributed by atoms with Crippen molar-refractivity contribution < 1.29 is 4.79 Å². The Balaban J connectivity index is 2.61. The van der Waals surface area contributed by atoms with E-state index in [1.165, 1.54) is 11.8 Å². The molecule has 1 heterocycles. The van der Waals surface area contributed by atoms with Gasteiger partial charge in [-0.2, -0.15) is 5.10 Å². The lowest BCUT2D eigenvalue weighted by Gasteiger charge is -2.07. The Hall–Kier alpha value is -0.970. The van der Waals surface area contributed by atoms with E-state index in [0.29, 0.717) is 0 Å². The fourth-order valence-corrected chi connectivity index (χ4v) is 1.90. The number of hydrogen-bond acceptors (Lipinski definition) is 3. The first-order valence-corrected chi connectivity index (χ1v) is 4.96. The van der Waals surface area contributed by atoms with Gasteiger partial charge in [-0.1, -0.05) is 6.92 Å². The normalized spacial score (nSPS) is 12.8. The smallest absolute Gasteiger partial charge is 0.230 e. The minimum Gasteiger partial charge on any atom is -0.369 e. The topological polar surface area (TPSA) is 60.9 Å². The highest BCUT2D eigenvalue weighted by Gasteiger charge is 2.14. The highest BCUT2D eigenvalue weighted by atomic mass is 32.2. The molecule has 0 spiro atoms. The first-order chi connectivity index (χ1) is 6.13. The fraction of sp³-hybridized carbons (Fsp3) is 0.500. The predicted octanol–water partition coefficient (Wildman–Crippen LogP) is 0.776. The van der Waals surface area contributed by atoms with Crippen LogP contribution in [0.5, 0.6) is 0 Å². The van der Waals surface area contributed by atoms with E-state index < -0.39 is 0 Å². The summed E-state index contributed by atoms with van der Waals surface area (Å²) in [7, 11) is 1.84. The molecule has 0 fully saturated rings. The summed E-state index contributed by atoms with van der Waals surface area (Å²) in [6.07, 6.45) is 4.35. The molecular weight excluding hydrogens is 186 g/mol. The van der Waals surface area contributed by atoms with Crippen molar-refractivity contribution in [1.29, 1.82) is 0 Å². The standard InChI is InChI=1S/C8H13N3OS/c1-3-7(8(9)12)13-6-4-10-11(2)5-6/h4-5,7H,3H2,1-2H3,(H2,9,12). The summed E-state index contributed by atoms with van der Waals surface area (Å²) in [5.41, 5.74) is 5.21. The minimum atomic E-state index is -0.267. The second-order valence-electron chi connectivity index (χ2n) is 2.77. The van der Waals surface area contributed by atoms with Crippen LogP contribution in [0.3, 0.4) is 0 Å². The van der Waals surface area contributed by atoms with Crippen LogP contribution in [0.1, 0.15) is 13.3 Å². The molecule has 0 saturated carbocycles. The summed E-state index contributed by atoms with van der Waals surface area (Å²) >= 11 is 1.46.